The van der Waals surface area contributed by atoms with Crippen LogP contribution >= 0.6 is 0 Å². The fourth-order valence-electron chi connectivity index (χ4n) is 2.62. The lowest BCUT2D eigenvalue weighted by Crippen LogP contribution is -2.42. The first kappa shape index (κ1) is 15.4. The van der Waals surface area contributed by atoms with Crippen LogP contribution in [0.3, 0.4) is 0 Å². The molecule has 0 radical (unpaired) electrons. The molecule has 0 saturated carbocycles. The number of piperidine rings is 1. The molecule has 1 aromatic rings. The summed E-state index contributed by atoms with van der Waals surface area (Å²) in [5, 5.41) is 0. The minimum absolute atomic E-state index is 0.108. The Hall–Kier alpha value is -2.04. The summed E-state index contributed by atoms with van der Waals surface area (Å²) >= 11 is 0. The van der Waals surface area contributed by atoms with Crippen molar-refractivity contribution in [2.45, 2.75) is 19.3 Å². The molecule has 1 fully saturated rings. The third-order valence-corrected chi connectivity index (χ3v) is 3.80. The van der Waals surface area contributed by atoms with Gasteiger partial charge in [0.05, 0.1) is 24.9 Å². The lowest BCUT2D eigenvalue weighted by atomic mass is 10.1. The molecule has 0 N–H and O–H groups in total. The number of carbonyl (C=O) groups excluding carboxylic acids is 2. The third kappa shape index (κ3) is 3.74. The molecule has 5 nitrogen and oxygen atoms in total. The van der Waals surface area contributed by atoms with E-state index in [1.54, 1.807) is 12.1 Å². The number of rotatable bonds is 4. The van der Waals surface area contributed by atoms with Crippen LogP contribution in [0.4, 0.5) is 5.69 Å². The lowest BCUT2D eigenvalue weighted by molar-refractivity contribution is -0.130. The maximum Gasteiger partial charge on any atom is 0.339 e. The number of anilines is 1. The van der Waals surface area contributed by atoms with E-state index in [2.05, 4.69) is 0 Å². The van der Waals surface area contributed by atoms with Crippen LogP contribution in [0.15, 0.2) is 24.3 Å². The van der Waals surface area contributed by atoms with Gasteiger partial charge in [-0.3, -0.25) is 4.79 Å². The summed E-state index contributed by atoms with van der Waals surface area (Å²) in [5.74, 6) is -0.278. The van der Waals surface area contributed by atoms with Gasteiger partial charge in [0.1, 0.15) is 0 Å². The monoisotopic (exact) mass is 290 g/mol. The van der Waals surface area contributed by atoms with Crippen LogP contribution in [-0.4, -0.2) is 50.6 Å². The first-order valence-electron chi connectivity index (χ1n) is 7.29. The van der Waals surface area contributed by atoms with E-state index in [0.29, 0.717) is 5.56 Å². The molecule has 0 atom stereocenters. The van der Waals surface area contributed by atoms with Crippen LogP contribution < -0.4 is 4.90 Å². The number of hydrogen-bond acceptors (Lipinski definition) is 4. The quantitative estimate of drug-likeness (QED) is 0.795. The first-order valence-corrected chi connectivity index (χ1v) is 7.29. The van der Waals surface area contributed by atoms with Gasteiger partial charge in [0.25, 0.3) is 0 Å². The summed E-state index contributed by atoms with van der Waals surface area (Å²) < 4.78 is 4.79. The van der Waals surface area contributed by atoms with Crippen LogP contribution in [-0.2, 0) is 9.53 Å². The minimum atomic E-state index is -0.386. The summed E-state index contributed by atoms with van der Waals surface area (Å²) in [6, 6.07) is 7.18. The zero-order valence-corrected chi connectivity index (χ0v) is 12.7. The highest BCUT2D eigenvalue weighted by Crippen LogP contribution is 2.20. The molecule has 21 heavy (non-hydrogen) atoms. The molecule has 1 heterocycles. The number of likely N-dealkylation sites (tertiary alicyclic amines) is 1. The molecule has 2 rings (SSSR count). The average molecular weight is 290 g/mol. The Kier molecular flexibility index (Phi) is 5.20. The van der Waals surface area contributed by atoms with Gasteiger partial charge in [-0.2, -0.15) is 0 Å². The van der Waals surface area contributed by atoms with Gasteiger partial charge >= 0.3 is 5.97 Å². The summed E-state index contributed by atoms with van der Waals surface area (Å²) in [7, 11) is 3.18. The number of hydrogen-bond donors (Lipinski definition) is 0. The van der Waals surface area contributed by atoms with Crippen LogP contribution in [0.2, 0.25) is 0 Å². The van der Waals surface area contributed by atoms with E-state index in [1.165, 1.54) is 13.5 Å². The second kappa shape index (κ2) is 7.11. The molecule has 0 spiro atoms. The SMILES string of the molecule is COC(=O)c1ccccc1N(C)CC(=O)N1CCCCC1. The first-order chi connectivity index (χ1) is 10.1. The molecule has 0 aromatic heterocycles. The van der Waals surface area contributed by atoms with Crippen molar-refractivity contribution in [1.82, 2.24) is 4.90 Å². The zero-order valence-electron chi connectivity index (χ0n) is 12.7. The summed E-state index contributed by atoms with van der Waals surface area (Å²) in [4.78, 5) is 27.8. The third-order valence-electron chi connectivity index (χ3n) is 3.80. The Morgan fingerprint density at radius 1 is 1.19 bits per heavy atom. The standard InChI is InChI=1S/C16H22N2O3/c1-17(12-15(19)18-10-6-3-7-11-18)14-9-5-4-8-13(14)16(20)21-2/h4-5,8-9H,3,6-7,10-12H2,1-2H3. The van der Waals surface area contributed by atoms with E-state index in [-0.39, 0.29) is 18.4 Å². The van der Waals surface area contributed by atoms with Crippen LogP contribution in [0, 0.1) is 0 Å². The second-order valence-electron chi connectivity index (χ2n) is 5.31. The van der Waals surface area contributed by atoms with Crippen molar-refractivity contribution in [2.75, 3.05) is 38.7 Å². The van der Waals surface area contributed by atoms with Crippen molar-refractivity contribution in [3.8, 4) is 0 Å². The minimum Gasteiger partial charge on any atom is -0.465 e. The van der Waals surface area contributed by atoms with E-state index in [1.807, 2.05) is 29.0 Å². The highest BCUT2D eigenvalue weighted by Gasteiger charge is 2.20. The molecule has 1 amide bonds. The Morgan fingerprint density at radius 2 is 1.86 bits per heavy atom. The smallest absolute Gasteiger partial charge is 0.339 e. The molecule has 5 heteroatoms. The zero-order chi connectivity index (χ0) is 15.2. The number of carbonyl (C=O) groups is 2. The van der Waals surface area contributed by atoms with Crippen LogP contribution in [0.5, 0.6) is 0 Å². The Morgan fingerprint density at radius 3 is 2.52 bits per heavy atom. The second-order valence-corrected chi connectivity index (χ2v) is 5.31. The van der Waals surface area contributed by atoms with Crippen molar-refractivity contribution < 1.29 is 14.3 Å². The molecular weight excluding hydrogens is 268 g/mol. The summed E-state index contributed by atoms with van der Waals surface area (Å²) in [5.41, 5.74) is 1.20. The van der Waals surface area contributed by atoms with E-state index >= 15 is 0 Å². The van der Waals surface area contributed by atoms with Gasteiger partial charge in [0.15, 0.2) is 0 Å². The number of nitrogens with zero attached hydrogens (tertiary/aromatic N) is 2. The van der Waals surface area contributed by atoms with Gasteiger partial charge in [0, 0.05) is 20.1 Å². The average Bonchev–Trinajstić information content (AvgIpc) is 2.54. The Labute approximate surface area is 125 Å². The number of para-hydroxylation sites is 1. The predicted molar refractivity (Wildman–Crippen MR) is 81.5 cm³/mol. The number of esters is 1. The largest absolute Gasteiger partial charge is 0.465 e. The van der Waals surface area contributed by atoms with E-state index in [4.69, 9.17) is 4.74 Å². The maximum absolute atomic E-state index is 12.3. The maximum atomic E-state index is 12.3. The lowest BCUT2D eigenvalue weighted by Gasteiger charge is -2.29. The molecule has 0 bridgehead atoms. The number of likely N-dealkylation sites (N-methyl/N-ethyl adjacent to an activating group) is 1. The van der Waals surface area contributed by atoms with Crippen molar-refractivity contribution in [3.63, 3.8) is 0 Å². The summed E-state index contributed by atoms with van der Waals surface area (Å²) in [6.07, 6.45) is 3.35. The molecule has 1 saturated heterocycles. The summed E-state index contributed by atoms with van der Waals surface area (Å²) in [6.45, 7) is 1.95. The van der Waals surface area contributed by atoms with Gasteiger partial charge in [0.2, 0.25) is 5.91 Å². The van der Waals surface area contributed by atoms with E-state index in [0.717, 1.165) is 31.6 Å². The van der Waals surface area contributed by atoms with Crippen molar-refractivity contribution in [1.29, 1.82) is 0 Å². The molecule has 114 valence electrons. The van der Waals surface area contributed by atoms with Gasteiger partial charge < -0.3 is 14.5 Å². The van der Waals surface area contributed by atoms with Gasteiger partial charge in [-0.05, 0) is 31.4 Å². The molecule has 1 aliphatic rings. The van der Waals surface area contributed by atoms with Gasteiger partial charge in [-0.1, -0.05) is 12.1 Å². The molecule has 0 unspecified atom stereocenters. The van der Waals surface area contributed by atoms with E-state index < -0.39 is 0 Å². The van der Waals surface area contributed by atoms with Crippen molar-refractivity contribution in [2.24, 2.45) is 0 Å². The van der Waals surface area contributed by atoms with Gasteiger partial charge in [-0.25, -0.2) is 4.79 Å². The molecular formula is C16H22N2O3. The Balaban J connectivity index is 2.07. The fraction of sp³-hybridized carbons (Fsp3) is 0.500. The topological polar surface area (TPSA) is 49.9 Å². The molecule has 1 aromatic carbocycles. The number of methoxy groups -OCH3 is 1. The Bertz CT molecular complexity index is 510. The highest BCUT2D eigenvalue weighted by molar-refractivity contribution is 5.96. The van der Waals surface area contributed by atoms with Crippen LogP contribution in [0.1, 0.15) is 29.6 Å². The van der Waals surface area contributed by atoms with E-state index in [9.17, 15) is 9.59 Å². The number of ether oxygens (including phenoxy) is 1. The van der Waals surface area contributed by atoms with Crippen molar-refractivity contribution in [3.05, 3.63) is 29.8 Å². The fourth-order valence-corrected chi connectivity index (χ4v) is 2.62. The number of benzene rings is 1. The number of amides is 1. The van der Waals surface area contributed by atoms with Crippen LogP contribution in [0.25, 0.3) is 0 Å². The molecule has 1 aliphatic heterocycles. The van der Waals surface area contributed by atoms with Gasteiger partial charge in [-0.15, -0.1) is 0 Å². The predicted octanol–water partition coefficient (Wildman–Crippen LogP) is 1.92. The normalized spacial score (nSPS) is 14.7. The highest BCUT2D eigenvalue weighted by atomic mass is 16.5. The molecule has 0 aliphatic carbocycles. The van der Waals surface area contributed by atoms with Crippen molar-refractivity contribution >= 4 is 17.6 Å².